The first-order chi connectivity index (χ1) is 7.91. The van der Waals surface area contributed by atoms with Gasteiger partial charge >= 0.3 is 0 Å². The predicted octanol–water partition coefficient (Wildman–Crippen LogP) is 2.42. The van der Waals surface area contributed by atoms with Gasteiger partial charge in [0.05, 0.1) is 11.6 Å². The Kier molecular flexibility index (Phi) is 4.34. The van der Waals surface area contributed by atoms with Crippen LogP contribution in [0.4, 0.5) is 0 Å². The molecule has 0 aliphatic heterocycles. The highest BCUT2D eigenvalue weighted by atomic mass is 127. The number of phenols is 1. The minimum absolute atomic E-state index is 0.0840. The van der Waals surface area contributed by atoms with E-state index >= 15 is 0 Å². The predicted molar refractivity (Wildman–Crippen MR) is 72.6 cm³/mol. The second-order valence-corrected chi connectivity index (χ2v) is 5.16. The van der Waals surface area contributed by atoms with Crippen LogP contribution in [-0.4, -0.2) is 16.6 Å². The summed E-state index contributed by atoms with van der Waals surface area (Å²) in [6.07, 6.45) is 0.500. The molecule has 0 aromatic heterocycles. The van der Waals surface area contributed by atoms with Crippen LogP contribution in [0.2, 0.25) is 0 Å². The maximum absolute atomic E-state index is 11.9. The van der Waals surface area contributed by atoms with Crippen molar-refractivity contribution in [2.45, 2.75) is 25.8 Å². The Labute approximate surface area is 114 Å². The minimum Gasteiger partial charge on any atom is -0.507 e. The summed E-state index contributed by atoms with van der Waals surface area (Å²) in [5.41, 5.74) is -0.725. The van der Waals surface area contributed by atoms with Crippen molar-refractivity contribution in [3.8, 4) is 11.8 Å². The van der Waals surface area contributed by atoms with Crippen LogP contribution in [0.15, 0.2) is 18.2 Å². The van der Waals surface area contributed by atoms with Gasteiger partial charge in [0, 0.05) is 3.57 Å². The van der Waals surface area contributed by atoms with Gasteiger partial charge in [0.2, 0.25) is 0 Å². The van der Waals surface area contributed by atoms with Crippen molar-refractivity contribution >= 4 is 28.5 Å². The Bertz CT molecular complexity index is 482. The van der Waals surface area contributed by atoms with E-state index in [2.05, 4.69) is 27.9 Å². The molecule has 1 amide bonds. The summed E-state index contributed by atoms with van der Waals surface area (Å²) < 4.78 is 0.848. The first-order valence-corrected chi connectivity index (χ1v) is 6.22. The molecule has 0 fully saturated rings. The largest absolute Gasteiger partial charge is 0.507 e. The van der Waals surface area contributed by atoms with Gasteiger partial charge in [-0.1, -0.05) is 6.92 Å². The lowest BCUT2D eigenvalue weighted by atomic mass is 10.0. The Morgan fingerprint density at radius 3 is 2.82 bits per heavy atom. The topological polar surface area (TPSA) is 73.1 Å². The van der Waals surface area contributed by atoms with Gasteiger partial charge in [-0.2, -0.15) is 5.26 Å². The number of hydrogen-bond donors (Lipinski definition) is 2. The number of amides is 1. The summed E-state index contributed by atoms with van der Waals surface area (Å²) >= 11 is 2.06. The molecule has 0 aliphatic carbocycles. The summed E-state index contributed by atoms with van der Waals surface area (Å²) in [4.78, 5) is 11.9. The highest BCUT2D eigenvalue weighted by Crippen LogP contribution is 2.20. The second-order valence-electron chi connectivity index (χ2n) is 3.91. The number of nitrogens with zero attached hydrogens (tertiary/aromatic N) is 1. The van der Waals surface area contributed by atoms with E-state index in [-0.39, 0.29) is 11.3 Å². The number of nitriles is 1. The summed E-state index contributed by atoms with van der Waals surface area (Å²) in [6, 6.07) is 6.80. The molecular formula is C12H13IN2O2. The molecule has 1 atom stereocenters. The first-order valence-electron chi connectivity index (χ1n) is 5.14. The molecule has 17 heavy (non-hydrogen) atoms. The molecule has 0 saturated carbocycles. The van der Waals surface area contributed by atoms with Crippen molar-refractivity contribution in [1.29, 1.82) is 5.26 Å². The third-order valence-electron chi connectivity index (χ3n) is 2.55. The minimum atomic E-state index is -0.912. The van der Waals surface area contributed by atoms with E-state index in [1.165, 1.54) is 6.07 Å². The average molecular weight is 344 g/mol. The number of nitrogens with one attached hydrogen (secondary N) is 1. The van der Waals surface area contributed by atoms with Crippen molar-refractivity contribution in [3.05, 3.63) is 27.3 Å². The lowest BCUT2D eigenvalue weighted by Gasteiger charge is -2.21. The standard InChI is InChI=1S/C12H13IN2O2/c1-3-12(2,7-14)15-11(17)9-6-8(13)4-5-10(9)16/h4-6,16H,3H2,1-2H3,(H,15,17). The molecular weight excluding hydrogens is 331 g/mol. The van der Waals surface area contributed by atoms with Gasteiger partial charge in [-0.15, -0.1) is 0 Å². The first kappa shape index (κ1) is 13.8. The quantitative estimate of drug-likeness (QED) is 0.827. The third kappa shape index (κ3) is 3.33. The molecule has 4 nitrogen and oxygen atoms in total. The molecule has 5 heteroatoms. The third-order valence-corrected chi connectivity index (χ3v) is 3.22. The van der Waals surface area contributed by atoms with E-state index in [0.717, 1.165) is 3.57 Å². The molecule has 1 rings (SSSR count). The number of rotatable bonds is 3. The lowest BCUT2D eigenvalue weighted by Crippen LogP contribution is -2.44. The van der Waals surface area contributed by atoms with Crippen molar-refractivity contribution in [1.82, 2.24) is 5.32 Å². The number of aromatic hydroxyl groups is 1. The Balaban J connectivity index is 2.99. The smallest absolute Gasteiger partial charge is 0.256 e. The molecule has 2 N–H and O–H groups in total. The van der Waals surface area contributed by atoms with Crippen LogP contribution in [0.1, 0.15) is 30.6 Å². The van der Waals surface area contributed by atoms with Gasteiger partial charge in [0.25, 0.3) is 5.91 Å². The Hall–Kier alpha value is -1.29. The molecule has 90 valence electrons. The monoisotopic (exact) mass is 344 g/mol. The maximum atomic E-state index is 11.9. The molecule has 0 saturated heterocycles. The van der Waals surface area contributed by atoms with E-state index in [1.807, 2.05) is 13.0 Å². The zero-order valence-electron chi connectivity index (χ0n) is 9.62. The number of phenolic OH excluding ortho intramolecular Hbond substituents is 1. The van der Waals surface area contributed by atoms with Gasteiger partial charge in [0.1, 0.15) is 11.3 Å². The highest BCUT2D eigenvalue weighted by Gasteiger charge is 2.25. The van der Waals surface area contributed by atoms with Crippen molar-refractivity contribution < 1.29 is 9.90 Å². The average Bonchev–Trinajstić information content (AvgIpc) is 2.32. The van der Waals surface area contributed by atoms with E-state index < -0.39 is 11.4 Å². The van der Waals surface area contributed by atoms with Crippen LogP contribution in [0.25, 0.3) is 0 Å². The van der Waals surface area contributed by atoms with Crippen molar-refractivity contribution in [2.75, 3.05) is 0 Å². The molecule has 1 aromatic rings. The number of benzene rings is 1. The summed E-state index contributed by atoms with van der Waals surface area (Å²) in [6.45, 7) is 3.47. The molecule has 1 unspecified atom stereocenters. The van der Waals surface area contributed by atoms with Crippen molar-refractivity contribution in [3.63, 3.8) is 0 Å². The Morgan fingerprint density at radius 2 is 2.29 bits per heavy atom. The number of carbonyl (C=O) groups is 1. The number of halogens is 1. The molecule has 0 radical (unpaired) electrons. The summed E-state index contributed by atoms with van der Waals surface area (Å²) in [7, 11) is 0. The highest BCUT2D eigenvalue weighted by molar-refractivity contribution is 14.1. The molecule has 1 aromatic carbocycles. The fourth-order valence-electron chi connectivity index (χ4n) is 1.20. The SMILES string of the molecule is CCC(C)(C#N)NC(=O)c1cc(I)ccc1O. The van der Waals surface area contributed by atoms with Crippen LogP contribution in [0.3, 0.4) is 0 Å². The van der Waals surface area contributed by atoms with Gasteiger partial charge in [-0.25, -0.2) is 0 Å². The van der Waals surface area contributed by atoms with Crippen molar-refractivity contribution in [2.24, 2.45) is 0 Å². The maximum Gasteiger partial charge on any atom is 0.256 e. The van der Waals surface area contributed by atoms with Gasteiger partial charge < -0.3 is 10.4 Å². The van der Waals surface area contributed by atoms with Crippen LogP contribution in [-0.2, 0) is 0 Å². The second kappa shape index (κ2) is 5.36. The van der Waals surface area contributed by atoms with Crippen LogP contribution in [0, 0.1) is 14.9 Å². The summed E-state index contributed by atoms with van der Waals surface area (Å²) in [5, 5.41) is 21.2. The van der Waals surface area contributed by atoms with Crippen LogP contribution < -0.4 is 5.32 Å². The van der Waals surface area contributed by atoms with E-state index in [1.54, 1.807) is 19.1 Å². The molecule has 0 heterocycles. The molecule has 0 bridgehead atoms. The van der Waals surface area contributed by atoms with Crippen LogP contribution >= 0.6 is 22.6 Å². The molecule has 0 spiro atoms. The van der Waals surface area contributed by atoms with Gasteiger partial charge in [0.15, 0.2) is 0 Å². The zero-order valence-corrected chi connectivity index (χ0v) is 11.8. The fourth-order valence-corrected chi connectivity index (χ4v) is 1.69. The van der Waals surface area contributed by atoms with E-state index in [9.17, 15) is 9.90 Å². The Morgan fingerprint density at radius 1 is 1.65 bits per heavy atom. The zero-order chi connectivity index (χ0) is 13.1. The van der Waals surface area contributed by atoms with Gasteiger partial charge in [-0.3, -0.25) is 4.79 Å². The van der Waals surface area contributed by atoms with E-state index in [4.69, 9.17) is 5.26 Å². The summed E-state index contributed by atoms with van der Waals surface area (Å²) in [5.74, 6) is -0.522. The van der Waals surface area contributed by atoms with E-state index in [0.29, 0.717) is 6.42 Å². The van der Waals surface area contributed by atoms with Crippen LogP contribution in [0.5, 0.6) is 5.75 Å². The number of hydrogen-bond acceptors (Lipinski definition) is 3. The molecule has 0 aliphatic rings. The number of carbonyl (C=O) groups excluding carboxylic acids is 1. The normalized spacial score (nSPS) is 13.5. The lowest BCUT2D eigenvalue weighted by molar-refractivity contribution is 0.0920. The van der Waals surface area contributed by atoms with Gasteiger partial charge in [-0.05, 0) is 54.1 Å². The fraction of sp³-hybridized carbons (Fsp3) is 0.333.